The van der Waals surface area contributed by atoms with E-state index in [2.05, 4.69) is 15.9 Å². The maximum absolute atomic E-state index is 6.15. The second-order valence-corrected chi connectivity index (χ2v) is 4.36. The molecule has 1 nitrogen and oxygen atoms in total. The van der Waals surface area contributed by atoms with E-state index in [4.69, 9.17) is 5.73 Å². The largest absolute Gasteiger partial charge is 0.320 e. The SMILES string of the molecule is N[C@H](c1ccccc1)c1ccc(Br)cc1. The first-order valence-electron chi connectivity index (χ1n) is 4.83. The van der Waals surface area contributed by atoms with Gasteiger partial charge in [-0.3, -0.25) is 0 Å². The Labute approximate surface area is 98.1 Å². The summed E-state index contributed by atoms with van der Waals surface area (Å²) < 4.78 is 1.08. The minimum absolute atomic E-state index is 0.0423. The Morgan fingerprint density at radius 2 is 1.33 bits per heavy atom. The van der Waals surface area contributed by atoms with Crippen LogP contribution in [0.15, 0.2) is 59.1 Å². The summed E-state index contributed by atoms with van der Waals surface area (Å²) in [6, 6.07) is 18.2. The Morgan fingerprint density at radius 3 is 1.93 bits per heavy atom. The second kappa shape index (κ2) is 4.60. The van der Waals surface area contributed by atoms with Crippen LogP contribution in [-0.2, 0) is 0 Å². The predicted octanol–water partition coefficient (Wildman–Crippen LogP) is 3.50. The van der Waals surface area contributed by atoms with Gasteiger partial charge < -0.3 is 5.73 Å². The molecule has 0 spiro atoms. The van der Waals surface area contributed by atoms with Gasteiger partial charge in [0.15, 0.2) is 0 Å². The standard InChI is InChI=1S/C13H12BrN/c14-12-8-6-11(7-9-12)13(15)10-4-2-1-3-5-10/h1-9,13H,15H2/t13-/m1/s1. The van der Waals surface area contributed by atoms with Crippen molar-refractivity contribution in [1.82, 2.24) is 0 Å². The number of benzene rings is 2. The highest BCUT2D eigenvalue weighted by Crippen LogP contribution is 2.20. The molecule has 0 saturated carbocycles. The summed E-state index contributed by atoms with van der Waals surface area (Å²) in [4.78, 5) is 0. The molecule has 0 fully saturated rings. The van der Waals surface area contributed by atoms with Gasteiger partial charge >= 0.3 is 0 Å². The fraction of sp³-hybridized carbons (Fsp3) is 0.0769. The lowest BCUT2D eigenvalue weighted by Gasteiger charge is -2.12. The molecule has 0 aliphatic carbocycles. The van der Waals surface area contributed by atoms with E-state index in [-0.39, 0.29) is 6.04 Å². The maximum Gasteiger partial charge on any atom is 0.0551 e. The summed E-state index contributed by atoms with van der Waals surface area (Å²) in [5, 5.41) is 0. The van der Waals surface area contributed by atoms with Crippen molar-refractivity contribution >= 4 is 15.9 Å². The van der Waals surface area contributed by atoms with Crippen molar-refractivity contribution in [2.45, 2.75) is 6.04 Å². The van der Waals surface area contributed by atoms with Crippen LogP contribution in [0.5, 0.6) is 0 Å². The van der Waals surface area contributed by atoms with Crippen molar-refractivity contribution in [2.24, 2.45) is 5.73 Å². The van der Waals surface area contributed by atoms with E-state index in [9.17, 15) is 0 Å². The van der Waals surface area contributed by atoms with E-state index in [1.54, 1.807) is 0 Å². The van der Waals surface area contributed by atoms with E-state index in [0.29, 0.717) is 0 Å². The van der Waals surface area contributed by atoms with Gasteiger partial charge in [-0.2, -0.15) is 0 Å². The lowest BCUT2D eigenvalue weighted by molar-refractivity contribution is 0.871. The summed E-state index contributed by atoms with van der Waals surface area (Å²) in [5.74, 6) is 0. The van der Waals surface area contributed by atoms with Crippen LogP contribution in [0, 0.1) is 0 Å². The van der Waals surface area contributed by atoms with E-state index in [1.165, 1.54) is 0 Å². The van der Waals surface area contributed by atoms with Crippen molar-refractivity contribution in [3.63, 3.8) is 0 Å². The fourth-order valence-corrected chi connectivity index (χ4v) is 1.79. The van der Waals surface area contributed by atoms with Crippen LogP contribution in [0.4, 0.5) is 0 Å². The highest BCUT2D eigenvalue weighted by molar-refractivity contribution is 9.10. The molecule has 2 aromatic rings. The van der Waals surface area contributed by atoms with Gasteiger partial charge in [0.05, 0.1) is 6.04 Å². The zero-order chi connectivity index (χ0) is 10.7. The summed E-state index contributed by atoms with van der Waals surface area (Å²) in [5.41, 5.74) is 8.42. The molecule has 2 aromatic carbocycles. The van der Waals surface area contributed by atoms with Gasteiger partial charge in [0.2, 0.25) is 0 Å². The average molecular weight is 262 g/mol. The van der Waals surface area contributed by atoms with Gasteiger partial charge in [0.1, 0.15) is 0 Å². The van der Waals surface area contributed by atoms with Crippen molar-refractivity contribution in [3.05, 3.63) is 70.2 Å². The second-order valence-electron chi connectivity index (χ2n) is 3.44. The molecule has 0 aliphatic heterocycles. The number of halogens is 1. The zero-order valence-corrected chi connectivity index (χ0v) is 9.81. The van der Waals surface area contributed by atoms with Gasteiger partial charge in [-0.1, -0.05) is 58.4 Å². The third kappa shape index (κ3) is 2.46. The molecule has 0 bridgehead atoms. The highest BCUT2D eigenvalue weighted by Gasteiger charge is 2.07. The summed E-state index contributed by atoms with van der Waals surface area (Å²) in [7, 11) is 0. The Bertz CT molecular complexity index is 422. The maximum atomic E-state index is 6.15. The van der Waals surface area contributed by atoms with Crippen LogP contribution in [0.2, 0.25) is 0 Å². The first-order valence-corrected chi connectivity index (χ1v) is 5.62. The monoisotopic (exact) mass is 261 g/mol. The van der Waals surface area contributed by atoms with Gasteiger partial charge in [0.25, 0.3) is 0 Å². The minimum Gasteiger partial charge on any atom is -0.320 e. The fourth-order valence-electron chi connectivity index (χ4n) is 1.52. The molecule has 0 aromatic heterocycles. The molecular formula is C13H12BrN. The van der Waals surface area contributed by atoms with Crippen molar-refractivity contribution < 1.29 is 0 Å². The van der Waals surface area contributed by atoms with Gasteiger partial charge in [-0.05, 0) is 23.3 Å². The molecule has 0 amide bonds. The molecular weight excluding hydrogens is 250 g/mol. The number of nitrogens with two attached hydrogens (primary N) is 1. The smallest absolute Gasteiger partial charge is 0.0551 e. The Balaban J connectivity index is 2.29. The minimum atomic E-state index is -0.0423. The predicted molar refractivity (Wildman–Crippen MR) is 66.6 cm³/mol. The van der Waals surface area contributed by atoms with Gasteiger partial charge in [-0.15, -0.1) is 0 Å². The van der Waals surface area contributed by atoms with Crippen LogP contribution in [-0.4, -0.2) is 0 Å². The van der Waals surface area contributed by atoms with Gasteiger partial charge in [0, 0.05) is 4.47 Å². The first kappa shape index (κ1) is 10.4. The van der Waals surface area contributed by atoms with Crippen molar-refractivity contribution in [1.29, 1.82) is 0 Å². The van der Waals surface area contributed by atoms with Gasteiger partial charge in [-0.25, -0.2) is 0 Å². The molecule has 0 saturated heterocycles. The zero-order valence-electron chi connectivity index (χ0n) is 8.23. The molecule has 2 N–H and O–H groups in total. The molecule has 15 heavy (non-hydrogen) atoms. The van der Waals surface area contributed by atoms with Crippen molar-refractivity contribution in [3.8, 4) is 0 Å². The van der Waals surface area contributed by atoms with Crippen LogP contribution in [0.3, 0.4) is 0 Å². The van der Waals surface area contributed by atoms with E-state index in [0.717, 1.165) is 15.6 Å². The molecule has 0 aliphatic rings. The number of hydrogen-bond donors (Lipinski definition) is 1. The third-order valence-electron chi connectivity index (χ3n) is 2.39. The van der Waals surface area contributed by atoms with E-state index in [1.807, 2.05) is 54.6 Å². The summed E-state index contributed by atoms with van der Waals surface area (Å²) >= 11 is 3.41. The van der Waals surface area contributed by atoms with Crippen LogP contribution in [0.25, 0.3) is 0 Å². The Kier molecular flexibility index (Phi) is 3.19. The first-order chi connectivity index (χ1) is 7.27. The normalized spacial score (nSPS) is 12.4. The average Bonchev–Trinajstić information content (AvgIpc) is 2.30. The number of rotatable bonds is 2. The highest BCUT2D eigenvalue weighted by atomic mass is 79.9. The molecule has 2 heteroatoms. The molecule has 0 heterocycles. The Morgan fingerprint density at radius 1 is 0.800 bits per heavy atom. The summed E-state index contributed by atoms with van der Waals surface area (Å²) in [6.45, 7) is 0. The Hall–Kier alpha value is -1.12. The quantitative estimate of drug-likeness (QED) is 0.880. The molecule has 1 atom stereocenters. The van der Waals surface area contributed by atoms with Crippen LogP contribution < -0.4 is 5.73 Å². The number of hydrogen-bond acceptors (Lipinski definition) is 1. The third-order valence-corrected chi connectivity index (χ3v) is 2.92. The van der Waals surface area contributed by atoms with E-state index < -0.39 is 0 Å². The lowest BCUT2D eigenvalue weighted by Crippen LogP contribution is -2.11. The molecule has 0 radical (unpaired) electrons. The van der Waals surface area contributed by atoms with Crippen LogP contribution in [0.1, 0.15) is 17.2 Å². The molecule has 0 unspecified atom stereocenters. The molecule has 76 valence electrons. The van der Waals surface area contributed by atoms with E-state index >= 15 is 0 Å². The van der Waals surface area contributed by atoms with Crippen LogP contribution >= 0.6 is 15.9 Å². The summed E-state index contributed by atoms with van der Waals surface area (Å²) in [6.07, 6.45) is 0. The lowest BCUT2D eigenvalue weighted by atomic mass is 10.00. The topological polar surface area (TPSA) is 26.0 Å². The van der Waals surface area contributed by atoms with Crippen molar-refractivity contribution in [2.75, 3.05) is 0 Å². The molecule has 2 rings (SSSR count).